The molecule has 0 saturated carbocycles. The average Bonchev–Trinajstić information content (AvgIpc) is 3.13. The molecule has 0 spiro atoms. The third-order valence-electron chi connectivity index (χ3n) is 5.04. The second-order valence-electron chi connectivity index (χ2n) is 6.71. The number of hydrogen-bond donors (Lipinski definition) is 2. The van der Waals surface area contributed by atoms with Gasteiger partial charge in [-0.2, -0.15) is 0 Å². The van der Waals surface area contributed by atoms with Gasteiger partial charge in [-0.1, -0.05) is 30.4 Å². The summed E-state index contributed by atoms with van der Waals surface area (Å²) in [5.74, 6) is -1.91. The number of amides is 2. The van der Waals surface area contributed by atoms with Crippen molar-refractivity contribution in [1.29, 1.82) is 0 Å². The first-order valence-corrected chi connectivity index (χ1v) is 8.56. The smallest absolute Gasteiger partial charge is 0.319 e. The van der Waals surface area contributed by atoms with Crippen LogP contribution in [0.15, 0.2) is 42.5 Å². The normalized spacial score (nSPS) is 21.8. The molecule has 1 fully saturated rings. The summed E-state index contributed by atoms with van der Waals surface area (Å²) in [6.45, 7) is 0.773. The molecule has 2 aliphatic rings. The van der Waals surface area contributed by atoms with Crippen molar-refractivity contribution >= 4 is 23.5 Å². The second kappa shape index (κ2) is 7.09. The van der Waals surface area contributed by atoms with Gasteiger partial charge in [0.15, 0.2) is 5.41 Å². The SMILES string of the molecule is O=C(Nc1ccccc1)C1CCCN(C(=O)C2(C(=O)O)CC=CC2)C1. The Bertz CT molecular complexity index is 691. The molecule has 1 atom stereocenters. The summed E-state index contributed by atoms with van der Waals surface area (Å²) in [5, 5.41) is 12.4. The maximum Gasteiger partial charge on any atom is 0.319 e. The number of rotatable bonds is 4. The molecule has 1 aromatic rings. The minimum absolute atomic E-state index is 0.127. The molecule has 1 saturated heterocycles. The van der Waals surface area contributed by atoms with Gasteiger partial charge in [0.25, 0.3) is 0 Å². The number of carbonyl (C=O) groups excluding carboxylic acids is 2. The Kier molecular flexibility index (Phi) is 4.88. The molecule has 1 heterocycles. The number of carboxylic acid groups (broad SMARTS) is 1. The van der Waals surface area contributed by atoms with E-state index in [1.807, 2.05) is 30.3 Å². The Labute approximate surface area is 146 Å². The molecular formula is C19H22N2O4. The van der Waals surface area contributed by atoms with Crippen LogP contribution in [0.1, 0.15) is 25.7 Å². The fraction of sp³-hybridized carbons (Fsp3) is 0.421. The summed E-state index contributed by atoms with van der Waals surface area (Å²) in [7, 11) is 0. The van der Waals surface area contributed by atoms with E-state index < -0.39 is 11.4 Å². The van der Waals surface area contributed by atoms with Crippen molar-refractivity contribution < 1.29 is 19.5 Å². The van der Waals surface area contributed by atoms with Crippen LogP contribution in [0.5, 0.6) is 0 Å². The number of para-hydroxylation sites is 1. The van der Waals surface area contributed by atoms with Gasteiger partial charge in [0.05, 0.1) is 5.92 Å². The van der Waals surface area contributed by atoms with Gasteiger partial charge in [0.1, 0.15) is 0 Å². The molecule has 1 aliphatic heterocycles. The fourth-order valence-electron chi connectivity index (χ4n) is 3.54. The van der Waals surface area contributed by atoms with E-state index in [2.05, 4.69) is 5.32 Å². The highest BCUT2D eigenvalue weighted by Gasteiger charge is 2.49. The standard InChI is InChI=1S/C19H22N2O4/c22-16(20-15-8-2-1-3-9-15)14-7-6-12-21(13-14)17(23)19(18(24)25)10-4-5-11-19/h1-5,8-9,14H,6-7,10-13H2,(H,20,22)(H,24,25). The van der Waals surface area contributed by atoms with E-state index in [9.17, 15) is 19.5 Å². The molecule has 1 aromatic carbocycles. The molecule has 1 aliphatic carbocycles. The van der Waals surface area contributed by atoms with Crippen LogP contribution in [-0.4, -0.2) is 40.9 Å². The Morgan fingerprint density at radius 3 is 2.44 bits per heavy atom. The van der Waals surface area contributed by atoms with Crippen molar-refractivity contribution in [3.8, 4) is 0 Å². The highest BCUT2D eigenvalue weighted by atomic mass is 16.4. The first kappa shape index (κ1) is 17.2. The highest BCUT2D eigenvalue weighted by molar-refractivity contribution is 6.03. The van der Waals surface area contributed by atoms with Gasteiger partial charge in [0, 0.05) is 18.8 Å². The quantitative estimate of drug-likeness (QED) is 0.649. The van der Waals surface area contributed by atoms with Crippen molar-refractivity contribution in [3.63, 3.8) is 0 Å². The molecule has 0 aromatic heterocycles. The van der Waals surface area contributed by atoms with Crippen LogP contribution >= 0.6 is 0 Å². The van der Waals surface area contributed by atoms with Crippen molar-refractivity contribution in [2.45, 2.75) is 25.7 Å². The Morgan fingerprint density at radius 2 is 1.80 bits per heavy atom. The number of nitrogens with zero attached hydrogens (tertiary/aromatic N) is 1. The largest absolute Gasteiger partial charge is 0.480 e. The van der Waals surface area contributed by atoms with Crippen LogP contribution in [0.2, 0.25) is 0 Å². The Hall–Kier alpha value is -2.63. The number of carbonyl (C=O) groups is 3. The van der Waals surface area contributed by atoms with Gasteiger partial charge in [-0.3, -0.25) is 14.4 Å². The average molecular weight is 342 g/mol. The molecule has 25 heavy (non-hydrogen) atoms. The minimum atomic E-state index is -1.39. The monoisotopic (exact) mass is 342 g/mol. The number of likely N-dealkylation sites (tertiary alicyclic amines) is 1. The second-order valence-corrected chi connectivity index (χ2v) is 6.71. The van der Waals surface area contributed by atoms with E-state index in [0.717, 1.165) is 5.69 Å². The topological polar surface area (TPSA) is 86.7 Å². The van der Waals surface area contributed by atoms with Crippen LogP contribution in [-0.2, 0) is 14.4 Å². The number of nitrogens with one attached hydrogen (secondary N) is 1. The lowest BCUT2D eigenvalue weighted by Gasteiger charge is -2.36. The summed E-state index contributed by atoms with van der Waals surface area (Å²) in [4.78, 5) is 38.6. The number of carboxylic acids is 1. The molecule has 1 unspecified atom stereocenters. The summed E-state index contributed by atoms with van der Waals surface area (Å²) >= 11 is 0. The number of piperidine rings is 1. The molecule has 3 rings (SSSR count). The zero-order valence-corrected chi connectivity index (χ0v) is 14.0. The molecule has 0 bridgehead atoms. The van der Waals surface area contributed by atoms with Gasteiger partial charge in [-0.05, 0) is 37.8 Å². The van der Waals surface area contributed by atoms with E-state index in [-0.39, 0.29) is 37.1 Å². The first-order chi connectivity index (χ1) is 12.0. The van der Waals surface area contributed by atoms with E-state index >= 15 is 0 Å². The van der Waals surface area contributed by atoms with Gasteiger partial charge in [-0.25, -0.2) is 0 Å². The molecule has 6 heteroatoms. The summed E-state index contributed by atoms with van der Waals surface area (Å²) in [5.41, 5.74) is -0.671. The summed E-state index contributed by atoms with van der Waals surface area (Å²) in [6, 6.07) is 9.18. The molecule has 132 valence electrons. The van der Waals surface area contributed by atoms with Crippen molar-refractivity contribution in [1.82, 2.24) is 4.90 Å². The molecule has 0 radical (unpaired) electrons. The Morgan fingerprint density at radius 1 is 1.12 bits per heavy atom. The maximum absolute atomic E-state index is 12.9. The Balaban J connectivity index is 1.67. The lowest BCUT2D eigenvalue weighted by atomic mass is 9.82. The van der Waals surface area contributed by atoms with Gasteiger partial charge >= 0.3 is 5.97 Å². The molecular weight excluding hydrogens is 320 g/mol. The predicted molar refractivity (Wildman–Crippen MR) is 92.8 cm³/mol. The van der Waals surface area contributed by atoms with Crippen molar-refractivity contribution in [3.05, 3.63) is 42.5 Å². The van der Waals surface area contributed by atoms with E-state index in [1.54, 1.807) is 17.1 Å². The molecule has 2 amide bonds. The molecule has 2 N–H and O–H groups in total. The number of anilines is 1. The third-order valence-corrected chi connectivity index (χ3v) is 5.04. The lowest BCUT2D eigenvalue weighted by Crippen LogP contribution is -2.52. The van der Waals surface area contributed by atoms with E-state index in [0.29, 0.717) is 19.4 Å². The zero-order chi connectivity index (χ0) is 17.9. The van der Waals surface area contributed by atoms with Gasteiger partial charge < -0.3 is 15.3 Å². The van der Waals surface area contributed by atoms with Crippen molar-refractivity contribution in [2.24, 2.45) is 11.3 Å². The third kappa shape index (κ3) is 3.43. The minimum Gasteiger partial charge on any atom is -0.480 e. The van der Waals surface area contributed by atoms with Crippen molar-refractivity contribution in [2.75, 3.05) is 18.4 Å². The molecule has 6 nitrogen and oxygen atoms in total. The van der Waals surface area contributed by atoms with Crippen LogP contribution in [0.3, 0.4) is 0 Å². The maximum atomic E-state index is 12.9. The van der Waals surface area contributed by atoms with Crippen LogP contribution in [0.25, 0.3) is 0 Å². The van der Waals surface area contributed by atoms with Crippen LogP contribution < -0.4 is 5.32 Å². The summed E-state index contributed by atoms with van der Waals surface area (Å²) < 4.78 is 0. The lowest BCUT2D eigenvalue weighted by molar-refractivity contribution is -0.161. The van der Waals surface area contributed by atoms with E-state index in [4.69, 9.17) is 0 Å². The predicted octanol–water partition coefficient (Wildman–Crippen LogP) is 2.28. The number of aliphatic carboxylic acids is 1. The van der Waals surface area contributed by atoms with Crippen LogP contribution in [0.4, 0.5) is 5.69 Å². The van der Waals surface area contributed by atoms with E-state index in [1.165, 1.54) is 0 Å². The van der Waals surface area contributed by atoms with Gasteiger partial charge in [-0.15, -0.1) is 0 Å². The highest BCUT2D eigenvalue weighted by Crippen LogP contribution is 2.37. The summed E-state index contributed by atoms with van der Waals surface area (Å²) in [6.07, 6.45) is 5.32. The van der Waals surface area contributed by atoms with Gasteiger partial charge in [0.2, 0.25) is 11.8 Å². The number of benzene rings is 1. The zero-order valence-electron chi connectivity index (χ0n) is 14.0. The number of allylic oxidation sites excluding steroid dienone is 2. The first-order valence-electron chi connectivity index (χ1n) is 8.56. The fourth-order valence-corrected chi connectivity index (χ4v) is 3.54. The van der Waals surface area contributed by atoms with Crippen LogP contribution in [0, 0.1) is 11.3 Å². The number of hydrogen-bond acceptors (Lipinski definition) is 3.